The Labute approximate surface area is 205 Å². The maximum Gasteiger partial charge on any atom is 0.228 e. The average molecular weight is 487 g/mol. The monoisotopic (exact) mass is 486 g/mol. The molecule has 0 bridgehead atoms. The fraction of sp³-hybridized carbons (Fsp3) is 0.115. The fourth-order valence-corrected chi connectivity index (χ4v) is 4.53. The Bertz CT molecular complexity index is 1580. The molecule has 1 atom stereocenters. The number of phenols is 1. The van der Waals surface area contributed by atoms with Crippen LogP contribution >= 0.6 is 11.6 Å². The molecular weight excluding hydrogens is 468 g/mol. The fourth-order valence-electron chi connectivity index (χ4n) is 4.40. The molecule has 174 valence electrons. The first-order chi connectivity index (χ1) is 17.1. The number of aromatic nitrogens is 4. The molecule has 0 amide bonds. The molecule has 0 aliphatic carbocycles. The summed E-state index contributed by atoms with van der Waals surface area (Å²) in [5, 5.41) is 15.4. The molecule has 3 heterocycles. The van der Waals surface area contributed by atoms with Crippen LogP contribution in [0.5, 0.6) is 28.9 Å². The SMILES string of the molecule is COc1ccc(C2c3ccc(O)cc3Oc3ncn4nc(-c5ccc(Cl)cc5)nc4c32)cc1OC. The van der Waals surface area contributed by atoms with Crippen molar-refractivity contribution in [1.82, 2.24) is 19.6 Å². The van der Waals surface area contributed by atoms with Gasteiger partial charge in [-0.2, -0.15) is 0 Å². The average Bonchev–Trinajstić information content (AvgIpc) is 3.32. The van der Waals surface area contributed by atoms with E-state index in [4.69, 9.17) is 30.8 Å². The predicted octanol–water partition coefficient (Wildman–Crippen LogP) is 5.45. The number of fused-ring (bicyclic) bond motifs is 4. The number of rotatable bonds is 4. The lowest BCUT2D eigenvalue weighted by molar-refractivity contribution is 0.354. The van der Waals surface area contributed by atoms with Gasteiger partial charge in [0, 0.05) is 28.1 Å². The molecular formula is C26H19ClN4O4. The molecule has 9 heteroatoms. The Morgan fingerprint density at radius 3 is 2.54 bits per heavy atom. The van der Waals surface area contributed by atoms with Gasteiger partial charge in [-0.15, -0.1) is 5.10 Å². The number of phenolic OH excluding ortho intramolecular Hbond substituents is 1. The van der Waals surface area contributed by atoms with Crippen LogP contribution in [-0.4, -0.2) is 38.9 Å². The smallest absolute Gasteiger partial charge is 0.228 e. The molecule has 2 aromatic heterocycles. The minimum Gasteiger partial charge on any atom is -0.508 e. The highest BCUT2D eigenvalue weighted by Crippen LogP contribution is 2.49. The van der Waals surface area contributed by atoms with Gasteiger partial charge < -0.3 is 19.3 Å². The highest BCUT2D eigenvalue weighted by molar-refractivity contribution is 6.30. The Hall–Kier alpha value is -4.30. The molecule has 0 spiro atoms. The van der Waals surface area contributed by atoms with Crippen molar-refractivity contribution in [2.24, 2.45) is 0 Å². The molecule has 1 aliphatic rings. The normalized spacial score (nSPS) is 14.2. The van der Waals surface area contributed by atoms with Crippen LogP contribution in [-0.2, 0) is 0 Å². The molecule has 0 radical (unpaired) electrons. The van der Waals surface area contributed by atoms with Gasteiger partial charge in [0.1, 0.15) is 17.8 Å². The van der Waals surface area contributed by atoms with E-state index in [1.807, 2.05) is 36.4 Å². The number of aromatic hydroxyl groups is 1. The van der Waals surface area contributed by atoms with Crippen molar-refractivity contribution in [2.45, 2.75) is 5.92 Å². The van der Waals surface area contributed by atoms with Gasteiger partial charge in [0.25, 0.3) is 0 Å². The Morgan fingerprint density at radius 2 is 1.77 bits per heavy atom. The van der Waals surface area contributed by atoms with Crippen molar-refractivity contribution >= 4 is 17.2 Å². The summed E-state index contributed by atoms with van der Waals surface area (Å²) in [7, 11) is 3.20. The third kappa shape index (κ3) is 3.50. The van der Waals surface area contributed by atoms with E-state index in [9.17, 15) is 5.11 Å². The lowest BCUT2D eigenvalue weighted by atomic mass is 9.83. The topological polar surface area (TPSA) is 91.0 Å². The lowest BCUT2D eigenvalue weighted by Gasteiger charge is -2.28. The van der Waals surface area contributed by atoms with Crippen molar-refractivity contribution in [3.63, 3.8) is 0 Å². The third-order valence-corrected chi connectivity index (χ3v) is 6.29. The maximum absolute atomic E-state index is 10.1. The first kappa shape index (κ1) is 21.2. The first-order valence-electron chi connectivity index (χ1n) is 10.8. The number of nitrogens with zero attached hydrogens (tertiary/aromatic N) is 4. The Morgan fingerprint density at radius 1 is 0.971 bits per heavy atom. The zero-order valence-electron chi connectivity index (χ0n) is 18.8. The minimum atomic E-state index is -0.312. The van der Waals surface area contributed by atoms with Gasteiger partial charge in [0.05, 0.1) is 19.8 Å². The molecule has 1 aliphatic heterocycles. The number of hydrogen-bond acceptors (Lipinski definition) is 7. The summed E-state index contributed by atoms with van der Waals surface area (Å²) in [6.07, 6.45) is 1.57. The molecule has 35 heavy (non-hydrogen) atoms. The van der Waals surface area contributed by atoms with Crippen LogP contribution in [0.25, 0.3) is 17.0 Å². The van der Waals surface area contributed by atoms with E-state index in [1.54, 1.807) is 49.3 Å². The highest BCUT2D eigenvalue weighted by Gasteiger charge is 2.34. The van der Waals surface area contributed by atoms with Crippen molar-refractivity contribution in [2.75, 3.05) is 14.2 Å². The van der Waals surface area contributed by atoms with E-state index >= 15 is 0 Å². The van der Waals surface area contributed by atoms with E-state index in [2.05, 4.69) is 10.1 Å². The van der Waals surface area contributed by atoms with Crippen molar-refractivity contribution in [3.8, 4) is 40.3 Å². The first-order valence-corrected chi connectivity index (χ1v) is 11.2. The molecule has 0 saturated heterocycles. The Kier molecular flexibility index (Phi) is 4.96. The van der Waals surface area contributed by atoms with Crippen LogP contribution in [0.15, 0.2) is 67.0 Å². The van der Waals surface area contributed by atoms with Gasteiger partial charge in [0.2, 0.25) is 5.88 Å². The molecule has 6 rings (SSSR count). The second kappa shape index (κ2) is 8.18. The summed E-state index contributed by atoms with van der Waals surface area (Å²) in [5.74, 6) is 2.47. The van der Waals surface area contributed by atoms with Gasteiger partial charge in [-0.05, 0) is 48.0 Å². The quantitative estimate of drug-likeness (QED) is 0.354. The number of ether oxygens (including phenoxy) is 3. The number of halogens is 1. The predicted molar refractivity (Wildman–Crippen MR) is 130 cm³/mol. The van der Waals surface area contributed by atoms with Gasteiger partial charge in [-0.3, -0.25) is 0 Å². The van der Waals surface area contributed by atoms with E-state index in [-0.39, 0.29) is 11.7 Å². The van der Waals surface area contributed by atoms with E-state index in [0.29, 0.717) is 39.6 Å². The van der Waals surface area contributed by atoms with Crippen LogP contribution in [0.2, 0.25) is 5.02 Å². The van der Waals surface area contributed by atoms with Crippen LogP contribution in [0.4, 0.5) is 0 Å². The number of hydrogen-bond donors (Lipinski definition) is 1. The maximum atomic E-state index is 10.1. The van der Waals surface area contributed by atoms with Gasteiger partial charge in [-0.1, -0.05) is 23.7 Å². The second-order valence-corrected chi connectivity index (χ2v) is 8.48. The summed E-state index contributed by atoms with van der Waals surface area (Å²) in [5.41, 5.74) is 3.97. The molecule has 3 aromatic carbocycles. The summed E-state index contributed by atoms with van der Waals surface area (Å²) in [4.78, 5) is 9.38. The van der Waals surface area contributed by atoms with Gasteiger partial charge in [0.15, 0.2) is 23.0 Å². The zero-order valence-corrected chi connectivity index (χ0v) is 19.5. The largest absolute Gasteiger partial charge is 0.508 e. The van der Waals surface area contributed by atoms with Gasteiger partial charge in [-0.25, -0.2) is 14.5 Å². The second-order valence-electron chi connectivity index (χ2n) is 8.05. The molecule has 8 nitrogen and oxygen atoms in total. The van der Waals surface area contributed by atoms with Crippen molar-refractivity contribution in [3.05, 3.63) is 88.7 Å². The molecule has 1 N–H and O–H groups in total. The Balaban J connectivity index is 1.60. The summed E-state index contributed by atoms with van der Waals surface area (Å²) in [6.45, 7) is 0. The zero-order chi connectivity index (χ0) is 24.1. The van der Waals surface area contributed by atoms with E-state index in [0.717, 1.165) is 22.3 Å². The number of benzene rings is 3. The van der Waals surface area contributed by atoms with Crippen LogP contribution in [0.1, 0.15) is 22.6 Å². The van der Waals surface area contributed by atoms with E-state index in [1.165, 1.54) is 0 Å². The highest BCUT2D eigenvalue weighted by atomic mass is 35.5. The van der Waals surface area contributed by atoms with Crippen molar-refractivity contribution in [1.29, 1.82) is 0 Å². The standard InChI is InChI=1S/C26H19ClN4O4/c1-33-19-10-5-15(11-21(19)34-2)22-18-9-8-17(32)12-20(18)35-26-23(22)25-29-24(30-31(25)13-28-26)14-3-6-16(27)7-4-14/h3-13,22,32H,1-2H3. The molecule has 0 fully saturated rings. The molecule has 0 saturated carbocycles. The summed E-state index contributed by atoms with van der Waals surface area (Å²) in [6, 6.07) is 18.2. The van der Waals surface area contributed by atoms with Gasteiger partial charge >= 0.3 is 0 Å². The van der Waals surface area contributed by atoms with Crippen LogP contribution in [0.3, 0.4) is 0 Å². The third-order valence-electron chi connectivity index (χ3n) is 6.03. The lowest BCUT2D eigenvalue weighted by Crippen LogP contribution is -2.15. The number of methoxy groups -OCH3 is 2. The molecule has 1 unspecified atom stereocenters. The minimum absolute atomic E-state index is 0.104. The van der Waals surface area contributed by atoms with Crippen LogP contribution in [0, 0.1) is 0 Å². The van der Waals surface area contributed by atoms with E-state index < -0.39 is 0 Å². The van der Waals surface area contributed by atoms with Crippen LogP contribution < -0.4 is 14.2 Å². The van der Waals surface area contributed by atoms with Crippen molar-refractivity contribution < 1.29 is 19.3 Å². The summed E-state index contributed by atoms with van der Waals surface area (Å²) >= 11 is 6.06. The molecule has 5 aromatic rings. The summed E-state index contributed by atoms with van der Waals surface area (Å²) < 4.78 is 18.8.